The van der Waals surface area contributed by atoms with Gasteiger partial charge in [-0.05, 0) is 37.6 Å². The van der Waals surface area contributed by atoms with Gasteiger partial charge in [0.05, 0.1) is 44.4 Å². The summed E-state index contributed by atoms with van der Waals surface area (Å²) in [7, 11) is 0. The first-order chi connectivity index (χ1) is 30.2. The summed E-state index contributed by atoms with van der Waals surface area (Å²) in [5.74, 6) is 3.87. The van der Waals surface area contributed by atoms with E-state index in [1.54, 1.807) is 15.6 Å². The van der Waals surface area contributed by atoms with Crippen molar-refractivity contribution in [1.82, 2.24) is 54.7 Å². The molecule has 2 aliphatic heterocycles. The molecule has 0 spiro atoms. The fourth-order valence-electron chi connectivity index (χ4n) is 7.39. The van der Waals surface area contributed by atoms with Gasteiger partial charge >= 0.3 is 0 Å². The number of hydrogen-bond acceptors (Lipinski definition) is 17. The Labute approximate surface area is 377 Å². The number of amides is 2. The molecule has 350 valence electrons. The van der Waals surface area contributed by atoms with E-state index in [4.69, 9.17) is 41.3 Å². The van der Waals surface area contributed by atoms with Crippen LogP contribution in [-0.4, -0.2) is 183 Å². The molecule has 2 saturated heterocycles. The highest BCUT2D eigenvalue weighted by atomic mass is 35.5. The Morgan fingerprint density at radius 2 is 1.30 bits per heavy atom. The lowest BCUT2D eigenvalue weighted by Crippen LogP contribution is -2.52. The molecule has 22 heteroatoms. The number of anilines is 3. The number of aliphatic hydroxyl groups is 1. The number of ether oxygens (including phenoxy) is 3. The average Bonchev–Trinajstić information content (AvgIpc) is 3.95. The Morgan fingerprint density at radius 1 is 0.778 bits per heavy atom. The van der Waals surface area contributed by atoms with Crippen LogP contribution in [0.5, 0.6) is 0 Å². The molecule has 2 fully saturated rings. The minimum absolute atomic E-state index is 0. The fraction of sp³-hybridized carbons (Fsp3) is 0.732. The van der Waals surface area contributed by atoms with E-state index in [1.807, 2.05) is 29.8 Å². The van der Waals surface area contributed by atoms with Crippen LogP contribution in [0, 0.1) is 24.2 Å². The Morgan fingerprint density at radius 3 is 1.83 bits per heavy atom. The highest BCUT2D eigenvalue weighted by Gasteiger charge is 2.35. The summed E-state index contributed by atoms with van der Waals surface area (Å²) in [5.41, 5.74) is 7.19. The number of aryl methyl sites for hydroxylation is 1. The number of nitrogens with one attached hydrogen (secondary N) is 1. The van der Waals surface area contributed by atoms with Crippen LogP contribution in [0.25, 0.3) is 0 Å². The number of terminal acetylenes is 1. The van der Waals surface area contributed by atoms with Gasteiger partial charge in [-0.15, -0.1) is 29.0 Å². The van der Waals surface area contributed by atoms with Crippen LogP contribution in [0.1, 0.15) is 70.4 Å². The number of carbonyl (C=O) groups is 2. The van der Waals surface area contributed by atoms with E-state index in [1.165, 1.54) is 0 Å². The molecule has 2 aliphatic rings. The van der Waals surface area contributed by atoms with Gasteiger partial charge in [0.15, 0.2) is 0 Å². The quantitative estimate of drug-likeness (QED) is 0.0749. The molecule has 0 saturated carbocycles. The molecule has 5 rings (SSSR count). The molecule has 5 heterocycles. The molecule has 0 unspecified atom stereocenters. The number of carbonyl (C=O) groups excluding carboxylic acids is 2. The molecular formula is C41H68ClN15O6. The molecule has 3 aromatic heterocycles. The van der Waals surface area contributed by atoms with Gasteiger partial charge in [-0.3, -0.25) is 9.59 Å². The van der Waals surface area contributed by atoms with Gasteiger partial charge in [0, 0.05) is 84.3 Å². The van der Waals surface area contributed by atoms with Crippen molar-refractivity contribution in [2.75, 3.05) is 127 Å². The van der Waals surface area contributed by atoms with Crippen molar-refractivity contribution >= 4 is 42.1 Å². The second-order valence-corrected chi connectivity index (χ2v) is 15.9. The number of nitrogens with zero attached hydrogens (tertiary/aromatic N) is 13. The third kappa shape index (κ3) is 14.9. The summed E-state index contributed by atoms with van der Waals surface area (Å²) in [4.78, 5) is 50.5. The van der Waals surface area contributed by atoms with E-state index < -0.39 is 12.1 Å². The lowest BCUT2D eigenvalue weighted by atomic mass is 9.97. The van der Waals surface area contributed by atoms with E-state index in [0.717, 1.165) is 31.4 Å². The lowest BCUT2D eigenvalue weighted by Gasteiger charge is -2.38. The summed E-state index contributed by atoms with van der Waals surface area (Å²) in [6.07, 6.45) is 12.7. The van der Waals surface area contributed by atoms with E-state index >= 15 is 0 Å². The average molecular weight is 903 g/mol. The minimum Gasteiger partial charge on any atom is -0.396 e. The van der Waals surface area contributed by atoms with Crippen LogP contribution in [0.2, 0.25) is 0 Å². The zero-order valence-corrected chi connectivity index (χ0v) is 38.2. The van der Waals surface area contributed by atoms with Gasteiger partial charge in [-0.2, -0.15) is 15.0 Å². The van der Waals surface area contributed by atoms with Crippen LogP contribution in [0.4, 0.5) is 17.8 Å². The lowest BCUT2D eigenvalue weighted by molar-refractivity contribution is -0.137. The van der Waals surface area contributed by atoms with Crippen molar-refractivity contribution in [3.8, 4) is 12.3 Å². The molecule has 2 amide bonds. The van der Waals surface area contributed by atoms with Crippen LogP contribution in [0.3, 0.4) is 0 Å². The van der Waals surface area contributed by atoms with E-state index in [2.05, 4.69) is 55.5 Å². The van der Waals surface area contributed by atoms with Crippen LogP contribution in [0.15, 0.2) is 12.4 Å². The third-order valence-corrected chi connectivity index (χ3v) is 11.1. The van der Waals surface area contributed by atoms with Crippen molar-refractivity contribution in [2.45, 2.75) is 71.9 Å². The highest BCUT2D eigenvalue weighted by Crippen LogP contribution is 2.26. The standard InChI is InChI=1S/C41H67N15O6.ClH/c1-6-23-60-25-27-62-28-26-61-24-13-43-39-44-40(53-18-14-51(15-19-53)37(58)35(31(3)4)55-30-34(11-22-57)48-49-55)46-41(45-39)54-20-16-52(17-21-54)38(59)36(32(5)7-2)56-29-33(47-50-56)10-8-9-12-42;/h1,29-32,35-36,57H,7-28,42H2,2-5H3,(H,43,44,45,46);1H/t32-,35-,36-;/m0./s1. The first-order valence-corrected chi connectivity index (χ1v) is 22.0. The summed E-state index contributed by atoms with van der Waals surface area (Å²) < 4.78 is 19.9. The Balaban J connectivity index is 0.00000871. The Bertz CT molecular complexity index is 1840. The zero-order chi connectivity index (χ0) is 44.3. The van der Waals surface area contributed by atoms with Crippen LogP contribution >= 0.6 is 12.4 Å². The number of aromatic nitrogens is 9. The van der Waals surface area contributed by atoms with Gasteiger partial charge in [-0.25, -0.2) is 9.36 Å². The van der Waals surface area contributed by atoms with Gasteiger partial charge in [0.25, 0.3) is 0 Å². The Kier molecular flexibility index (Phi) is 21.7. The monoisotopic (exact) mass is 902 g/mol. The predicted octanol–water partition coefficient (Wildman–Crippen LogP) is 0.869. The van der Waals surface area contributed by atoms with E-state index in [-0.39, 0.29) is 49.3 Å². The van der Waals surface area contributed by atoms with E-state index in [0.29, 0.717) is 128 Å². The van der Waals surface area contributed by atoms with Crippen molar-refractivity contribution in [3.05, 3.63) is 23.8 Å². The summed E-state index contributed by atoms with van der Waals surface area (Å²) in [6, 6.07) is -0.973. The molecule has 0 bridgehead atoms. The first-order valence-electron chi connectivity index (χ1n) is 22.0. The van der Waals surface area contributed by atoms with Gasteiger partial charge < -0.3 is 50.0 Å². The molecule has 3 aromatic rings. The number of hydrogen-bond donors (Lipinski definition) is 3. The second kappa shape index (κ2) is 26.8. The molecule has 4 N–H and O–H groups in total. The minimum atomic E-state index is -0.520. The molecule has 0 radical (unpaired) electrons. The van der Waals surface area contributed by atoms with Crippen LogP contribution < -0.4 is 20.9 Å². The largest absolute Gasteiger partial charge is 0.396 e. The number of rotatable bonds is 26. The predicted molar refractivity (Wildman–Crippen MR) is 240 cm³/mol. The molecule has 63 heavy (non-hydrogen) atoms. The number of piperazine rings is 2. The summed E-state index contributed by atoms with van der Waals surface area (Å²) in [5, 5.41) is 29.8. The molecule has 0 aliphatic carbocycles. The van der Waals surface area contributed by atoms with Crippen molar-refractivity contribution in [2.24, 2.45) is 17.6 Å². The molecule has 21 nitrogen and oxygen atoms in total. The number of nitrogens with two attached hydrogens (primary N) is 1. The maximum absolute atomic E-state index is 14.1. The molecule has 3 atom stereocenters. The summed E-state index contributed by atoms with van der Waals surface area (Å²) >= 11 is 0. The maximum atomic E-state index is 14.1. The topological polar surface area (TPSA) is 233 Å². The normalized spacial score (nSPS) is 15.8. The smallest absolute Gasteiger partial charge is 0.247 e. The highest BCUT2D eigenvalue weighted by molar-refractivity contribution is 5.85. The Hall–Kier alpha value is -4.72. The van der Waals surface area contributed by atoms with Gasteiger partial charge in [0.1, 0.15) is 18.7 Å². The fourth-order valence-corrected chi connectivity index (χ4v) is 7.39. The van der Waals surface area contributed by atoms with Crippen LogP contribution in [-0.2, 0) is 36.6 Å². The van der Waals surface area contributed by atoms with E-state index in [9.17, 15) is 14.7 Å². The molecular weight excluding hydrogens is 834 g/mol. The van der Waals surface area contributed by atoms with Crippen molar-refractivity contribution in [1.29, 1.82) is 0 Å². The molecule has 0 aromatic carbocycles. The first kappa shape index (κ1) is 50.9. The van der Waals surface area contributed by atoms with Crippen molar-refractivity contribution in [3.63, 3.8) is 0 Å². The zero-order valence-electron chi connectivity index (χ0n) is 37.4. The summed E-state index contributed by atoms with van der Waals surface area (Å²) in [6.45, 7) is 15.6. The number of halogens is 1. The number of aliphatic hydroxyl groups excluding tert-OH is 1. The number of unbranched alkanes of at least 4 members (excludes halogenated alkanes) is 1. The van der Waals surface area contributed by atoms with Gasteiger partial charge in [0.2, 0.25) is 29.7 Å². The SMILES string of the molecule is C#CCOCCOCCOCCNc1nc(N2CCN(C(=O)[C@H](C(C)C)n3cc(CCO)nn3)CC2)nc(N2CCN(C(=O)[C@H]([C@@H](C)CC)n3cc(CCCCN)nn3)CC2)n1.Cl. The van der Waals surface area contributed by atoms with Crippen molar-refractivity contribution < 1.29 is 28.9 Å². The second-order valence-electron chi connectivity index (χ2n) is 15.9. The third-order valence-electron chi connectivity index (χ3n) is 11.1. The maximum Gasteiger partial charge on any atom is 0.247 e. The van der Waals surface area contributed by atoms with Gasteiger partial charge in [-0.1, -0.05) is 50.5 Å².